The number of aliphatic hydroxyl groups is 3. The predicted molar refractivity (Wildman–Crippen MR) is 505 cm³/mol. The summed E-state index contributed by atoms with van der Waals surface area (Å²) in [6.07, 6.45) is 25.0. The molecule has 6 saturated heterocycles. The molecule has 11 aliphatic heterocycles. The van der Waals surface area contributed by atoms with Crippen molar-refractivity contribution in [1.29, 1.82) is 0 Å². The number of carbonyl (C=O) groups is 13. The van der Waals surface area contributed by atoms with Gasteiger partial charge in [-0.3, -0.25) is 14.4 Å². The Kier molecular flexibility index (Phi) is 35.5. The third-order valence-corrected chi connectivity index (χ3v) is 29.9. The fraction of sp³-hybridized carbons (Fsp3) is 0.598. The van der Waals surface area contributed by atoms with Gasteiger partial charge in [0.15, 0.2) is 0 Å². The molecule has 11 heterocycles. The lowest BCUT2D eigenvalue weighted by Gasteiger charge is -2.37. The van der Waals surface area contributed by atoms with Crippen molar-refractivity contribution in [3.63, 3.8) is 0 Å². The third-order valence-electron chi connectivity index (χ3n) is 29.9. The molecular formula is C107H138O36. The molecule has 20 atom stereocenters. The van der Waals surface area contributed by atoms with Crippen LogP contribution < -0.4 is 0 Å². The molecule has 0 spiro atoms. The average Bonchev–Trinajstić information content (AvgIpc) is 1.75. The molecular weight excluding hydrogens is 1860 g/mol. The van der Waals surface area contributed by atoms with Crippen molar-refractivity contribution >= 4 is 77.6 Å². The van der Waals surface area contributed by atoms with Crippen LogP contribution in [0.2, 0.25) is 0 Å². The Hall–Kier alpha value is -12.0. The number of allylic oxidation sites excluding steroid dienone is 2. The Bertz CT molecular complexity index is 5540. The quantitative estimate of drug-likeness (QED) is 0.0537. The monoisotopic (exact) mass is 2000 g/mol. The molecule has 21 rings (SSSR count). The van der Waals surface area contributed by atoms with Crippen molar-refractivity contribution in [2.75, 3.05) is 20.8 Å². The lowest BCUT2D eigenvalue weighted by Crippen LogP contribution is -2.33. The highest BCUT2D eigenvalue weighted by Crippen LogP contribution is 2.61. The summed E-state index contributed by atoms with van der Waals surface area (Å²) in [7, 11) is 2.00. The molecule has 0 amide bonds. The van der Waals surface area contributed by atoms with Crippen molar-refractivity contribution in [2.24, 2.45) is 63.1 Å². The van der Waals surface area contributed by atoms with Crippen molar-refractivity contribution in [3.8, 4) is 0 Å². The van der Waals surface area contributed by atoms with Crippen LogP contribution in [0.4, 0.5) is 0 Å². The Labute approximate surface area is 831 Å². The zero-order chi connectivity index (χ0) is 103. The number of aliphatic hydroxyl groups excluding tert-OH is 3. The molecule has 143 heavy (non-hydrogen) atoms. The summed E-state index contributed by atoms with van der Waals surface area (Å²) in [6.45, 7) is 37.0. The lowest BCUT2D eigenvalue weighted by molar-refractivity contribution is -0.153. The summed E-state index contributed by atoms with van der Waals surface area (Å²) in [6, 6.07) is 0. The van der Waals surface area contributed by atoms with Gasteiger partial charge in [-0.2, -0.15) is 0 Å². The van der Waals surface area contributed by atoms with E-state index >= 15 is 0 Å². The van der Waals surface area contributed by atoms with Crippen molar-refractivity contribution in [2.45, 2.75) is 327 Å². The Morgan fingerprint density at radius 2 is 0.699 bits per heavy atom. The van der Waals surface area contributed by atoms with E-state index in [1.54, 1.807) is 65.0 Å². The summed E-state index contributed by atoms with van der Waals surface area (Å²) < 4.78 is 96.8. The van der Waals surface area contributed by atoms with Gasteiger partial charge in [-0.25, -0.2) is 47.9 Å². The molecule has 782 valence electrons. The first kappa shape index (κ1) is 111. The van der Waals surface area contributed by atoms with Gasteiger partial charge in [-0.15, -0.1) is 0 Å². The molecule has 1 unspecified atom stereocenters. The van der Waals surface area contributed by atoms with Gasteiger partial charge in [0.2, 0.25) is 0 Å². The number of esters is 13. The molecule has 0 saturated carbocycles. The van der Waals surface area contributed by atoms with Crippen molar-refractivity contribution in [1.82, 2.24) is 0 Å². The summed E-state index contributed by atoms with van der Waals surface area (Å²) in [5.74, 6) is -5.21. The summed E-state index contributed by atoms with van der Waals surface area (Å²) >= 11 is 0. The summed E-state index contributed by atoms with van der Waals surface area (Å²) in [5.41, 5.74) is 16.2. The van der Waals surface area contributed by atoms with E-state index in [1.807, 2.05) is 20.8 Å². The van der Waals surface area contributed by atoms with Crippen LogP contribution >= 0.6 is 0 Å². The number of hydrogen-bond acceptors (Lipinski definition) is 34. The van der Waals surface area contributed by atoms with E-state index in [0.29, 0.717) is 74.7 Å². The first-order chi connectivity index (χ1) is 66.9. The molecule has 0 radical (unpaired) electrons. The minimum atomic E-state index is -0.876. The van der Waals surface area contributed by atoms with E-state index in [9.17, 15) is 67.4 Å². The van der Waals surface area contributed by atoms with E-state index in [-0.39, 0.29) is 117 Å². The van der Waals surface area contributed by atoms with Crippen LogP contribution in [0.25, 0.3) is 0 Å². The number of rotatable bonds is 12. The van der Waals surface area contributed by atoms with Gasteiger partial charge in [-0.1, -0.05) is 94.2 Å². The minimum absolute atomic E-state index is 0. The molecule has 36 nitrogen and oxygen atoms in total. The Morgan fingerprint density at radius 3 is 1.10 bits per heavy atom. The van der Waals surface area contributed by atoms with E-state index in [2.05, 4.69) is 67.1 Å². The van der Waals surface area contributed by atoms with E-state index in [4.69, 9.17) is 90.7 Å². The fourth-order valence-electron chi connectivity index (χ4n) is 23.2. The molecule has 21 aliphatic rings. The molecule has 6 fully saturated rings. The first-order valence-corrected chi connectivity index (χ1v) is 48.9. The van der Waals surface area contributed by atoms with E-state index in [0.717, 1.165) is 144 Å². The van der Waals surface area contributed by atoms with Crippen LogP contribution in [-0.2, 0) is 148 Å². The lowest BCUT2D eigenvalue weighted by atomic mass is 9.71. The number of fused-ring (bicyclic) bond motifs is 10. The highest BCUT2D eigenvalue weighted by atomic mass is 16.7. The zero-order valence-corrected chi connectivity index (χ0v) is 85.3. The molecule has 10 aliphatic carbocycles. The average molecular weight is 2000 g/mol. The minimum Gasteiger partial charge on any atom is -0.465 e. The van der Waals surface area contributed by atoms with Crippen LogP contribution in [-0.4, -0.2) is 205 Å². The highest BCUT2D eigenvalue weighted by Gasteiger charge is 2.62. The van der Waals surface area contributed by atoms with Crippen LogP contribution in [0.15, 0.2) is 173 Å². The smallest absolute Gasteiger partial charge is 0.338 e. The highest BCUT2D eigenvalue weighted by molar-refractivity contribution is 5.97. The van der Waals surface area contributed by atoms with Gasteiger partial charge in [0, 0.05) is 104 Å². The maximum Gasteiger partial charge on any atom is 0.338 e. The standard InChI is InChI=1S/2C21H24O7.C19H22O6.C19H22O5.C18H20O5.C5H8O2.C2H6.2CH4O.2H2O/c1-10-7-16(27-19(10)23)25-9-14-12-8-13-15(26-11(2)22)5-6-21(3,4)17(13)18(12)28-20(14)24;1-10-8-14(27-19(10)23)25-9-13-15-17(26-11(2)22)12-6-5-7-21(3,4)16(12)18(15)28-20(13)24;1-9-7-12(24-17(9)21)23-8-11-13-15(20)10-5-4-6-19(2,3)14(10)16(13)25-18(11)22;1-10-7-14(23-17(10)20)22-9-13-12-8-11-5-4-6-19(2,3)15(11)16(12)24-18(13)21;1-9-4-3-5-11-7-12-13(18(20)23-16(12)15(9)11)8-21-14-6-10(2)17(19)22-14;1-4-2-3-7-5(4)6;3*1-2;;/h7,9,12,15-16,18H,5-6,8H2,1-4H3;8-9,14-15,17-18H,5-7H2,1-4H3;7-8,12-13,15-16,20H,4-6H2,1-3H3;7,9,12,14,16H,4-6,8H2,1-3H3;6,8-9,12,14,16H,3-5,7H2,1-2H3;4H,2-3H2,1H3;1-2H3;2*2H,1H3;2*1H2/b14-9+;13-9+;11-8+;13-9+;13-8+;;;;;;/t12-,15+,16-,18+;14-,15+,17-,18+;12-,13+,15-,16+;12-,14-,16+;9-,12+,14+,16-;;;;;;/m11110....../s1. The second kappa shape index (κ2) is 45.5. The van der Waals surface area contributed by atoms with Gasteiger partial charge in [0.05, 0.1) is 89.6 Å². The SMILES string of the molecule is CC.CC(=O)O[C@@H]1C2=C([C@H]3OC(=O)/C(=C/O[C@H]4C=C(C)C(=O)O4)[C@@H]13)C(C)(C)CCC2.CC(=O)O[C@H]1CCC(C)(C)C2=C1C[C@@H]1/C(=C\O[C@H]3C=C(C)C(=O)O3)C(=O)O[C@H]21.CC1=C[C@H](O/C=C2/C(=O)O[C@@H]3C4=C(CCCC4(C)C)C[C@H]23)OC1=O.CC1=C[C@H](O/C=C2/C(=O)O[C@@H]3C4=C(CCCC4(C)C)[C@@H](O)[C@H]23)OC1=O.CC1=C[C@H](O/C=C2/C(=O)O[C@@H]3C4=C(CCC[C@@H]4C)C[C@H]23)OC1=O.CC1CCOC1=O.CO.CO.O.O. The summed E-state index contributed by atoms with van der Waals surface area (Å²) in [5, 5.41) is 24.8. The van der Waals surface area contributed by atoms with E-state index in [1.165, 1.54) is 80.3 Å². The maximum absolute atomic E-state index is 12.6. The normalized spacial score (nSPS) is 33.7. The Balaban J connectivity index is 0.000000165. The van der Waals surface area contributed by atoms with Gasteiger partial charge >= 0.3 is 77.6 Å². The predicted octanol–water partition coefficient (Wildman–Crippen LogP) is 12.7. The third kappa shape index (κ3) is 23.1. The van der Waals surface area contributed by atoms with Crippen LogP contribution in [0.3, 0.4) is 0 Å². The fourth-order valence-corrected chi connectivity index (χ4v) is 23.2. The van der Waals surface area contributed by atoms with Gasteiger partial charge in [0.1, 0.15) is 42.7 Å². The molecule has 0 bridgehead atoms. The van der Waals surface area contributed by atoms with Crippen molar-refractivity contribution < 1.29 is 174 Å². The van der Waals surface area contributed by atoms with Crippen LogP contribution in [0, 0.1) is 63.1 Å². The molecule has 7 N–H and O–H groups in total. The van der Waals surface area contributed by atoms with Crippen LogP contribution in [0.1, 0.15) is 247 Å². The van der Waals surface area contributed by atoms with Gasteiger partial charge in [0.25, 0.3) is 31.5 Å². The molecule has 0 aromatic heterocycles. The largest absolute Gasteiger partial charge is 0.465 e. The first-order valence-electron chi connectivity index (χ1n) is 48.9. The molecule has 0 aromatic carbocycles. The molecule has 0 aromatic rings. The number of ether oxygens (including phenoxy) is 18. The zero-order valence-electron chi connectivity index (χ0n) is 85.3. The van der Waals surface area contributed by atoms with Crippen LogP contribution in [0.5, 0.6) is 0 Å². The number of carbonyl (C=O) groups excluding carboxylic acids is 13. The second-order valence-corrected chi connectivity index (χ2v) is 41.0. The second-order valence-electron chi connectivity index (χ2n) is 41.0. The Morgan fingerprint density at radius 1 is 0.364 bits per heavy atom. The number of hydrogen-bond donors (Lipinski definition) is 3. The molecule has 36 heteroatoms. The summed E-state index contributed by atoms with van der Waals surface area (Å²) in [4.78, 5) is 153. The van der Waals surface area contributed by atoms with Gasteiger partial charge < -0.3 is 112 Å². The topological polar surface area (TPSA) is 512 Å². The van der Waals surface area contributed by atoms with E-state index < -0.39 is 109 Å². The number of cyclic esters (lactones) is 6. The van der Waals surface area contributed by atoms with Gasteiger partial charge in [-0.05, 0) is 222 Å². The maximum atomic E-state index is 12.6. The van der Waals surface area contributed by atoms with Crippen molar-refractivity contribution in [3.05, 3.63) is 173 Å².